The standard InChI is InChI=1S/C12H15ClO2S/c13-16(14,15)12-7-5-11(6-8-12)9-10-3-1-2-4-10/h5-8,10H,1-4,9H2. The van der Waals surface area contributed by atoms with Gasteiger partial charge >= 0.3 is 0 Å². The maximum absolute atomic E-state index is 11.1. The lowest BCUT2D eigenvalue weighted by Gasteiger charge is -2.08. The summed E-state index contributed by atoms with van der Waals surface area (Å²) in [6.07, 6.45) is 6.32. The number of rotatable bonds is 3. The molecule has 0 amide bonds. The zero-order valence-electron chi connectivity index (χ0n) is 9.02. The molecule has 1 saturated carbocycles. The van der Waals surface area contributed by atoms with Gasteiger partial charge in [0.15, 0.2) is 0 Å². The SMILES string of the molecule is O=S(=O)(Cl)c1ccc(CC2CCCC2)cc1. The van der Waals surface area contributed by atoms with Crippen LogP contribution >= 0.6 is 10.7 Å². The third kappa shape index (κ3) is 2.98. The van der Waals surface area contributed by atoms with Crippen molar-refractivity contribution in [3.05, 3.63) is 29.8 Å². The van der Waals surface area contributed by atoms with Crippen LogP contribution in [-0.2, 0) is 15.5 Å². The summed E-state index contributed by atoms with van der Waals surface area (Å²) in [6, 6.07) is 6.92. The number of hydrogen-bond acceptors (Lipinski definition) is 2. The predicted molar refractivity (Wildman–Crippen MR) is 65.1 cm³/mol. The van der Waals surface area contributed by atoms with Gasteiger partial charge in [0.25, 0.3) is 9.05 Å². The highest BCUT2D eigenvalue weighted by Gasteiger charge is 2.16. The Bertz CT molecular complexity index is 444. The predicted octanol–water partition coefficient (Wildman–Crippen LogP) is 3.35. The van der Waals surface area contributed by atoms with Gasteiger partial charge in [0.05, 0.1) is 4.90 Å². The molecular weight excluding hydrogens is 244 g/mol. The normalized spacial score (nSPS) is 17.8. The van der Waals surface area contributed by atoms with Crippen molar-refractivity contribution in [2.45, 2.75) is 37.0 Å². The van der Waals surface area contributed by atoms with E-state index in [0.717, 1.165) is 12.3 Å². The molecule has 1 aliphatic carbocycles. The fourth-order valence-electron chi connectivity index (χ4n) is 2.34. The molecule has 0 aromatic heterocycles. The van der Waals surface area contributed by atoms with Crippen LogP contribution in [0.25, 0.3) is 0 Å². The number of benzene rings is 1. The fourth-order valence-corrected chi connectivity index (χ4v) is 3.11. The Kier molecular flexibility index (Phi) is 3.55. The maximum atomic E-state index is 11.1. The summed E-state index contributed by atoms with van der Waals surface area (Å²) >= 11 is 0. The van der Waals surface area contributed by atoms with Gasteiger partial charge in [-0.15, -0.1) is 0 Å². The van der Waals surface area contributed by atoms with E-state index < -0.39 is 9.05 Å². The Morgan fingerprint density at radius 1 is 1.12 bits per heavy atom. The van der Waals surface area contributed by atoms with Crippen molar-refractivity contribution in [2.75, 3.05) is 0 Å². The Hall–Kier alpha value is -0.540. The Balaban J connectivity index is 2.07. The lowest BCUT2D eigenvalue weighted by atomic mass is 9.98. The van der Waals surface area contributed by atoms with Crippen molar-refractivity contribution in [1.82, 2.24) is 0 Å². The highest BCUT2D eigenvalue weighted by molar-refractivity contribution is 8.13. The maximum Gasteiger partial charge on any atom is 0.261 e. The van der Waals surface area contributed by atoms with Gasteiger partial charge < -0.3 is 0 Å². The van der Waals surface area contributed by atoms with Crippen LogP contribution in [0.1, 0.15) is 31.2 Å². The Labute approximate surface area is 101 Å². The molecule has 0 saturated heterocycles. The van der Waals surface area contributed by atoms with Gasteiger partial charge in [-0.3, -0.25) is 0 Å². The van der Waals surface area contributed by atoms with E-state index in [-0.39, 0.29) is 4.90 Å². The van der Waals surface area contributed by atoms with Gasteiger partial charge in [-0.05, 0) is 30.0 Å². The zero-order valence-corrected chi connectivity index (χ0v) is 10.6. The molecule has 0 unspecified atom stereocenters. The van der Waals surface area contributed by atoms with Crippen LogP contribution in [-0.4, -0.2) is 8.42 Å². The second-order valence-corrected chi connectivity index (χ2v) is 7.00. The highest BCUT2D eigenvalue weighted by Crippen LogP contribution is 2.28. The first kappa shape index (κ1) is 11.9. The second-order valence-electron chi connectivity index (χ2n) is 4.44. The van der Waals surface area contributed by atoms with Crippen molar-refractivity contribution >= 4 is 19.7 Å². The van der Waals surface area contributed by atoms with Gasteiger partial charge in [0, 0.05) is 10.7 Å². The molecule has 1 aromatic carbocycles. The molecule has 1 aromatic rings. The van der Waals surface area contributed by atoms with Crippen LogP contribution in [0.2, 0.25) is 0 Å². The van der Waals surface area contributed by atoms with E-state index >= 15 is 0 Å². The Morgan fingerprint density at radius 2 is 1.69 bits per heavy atom. The Morgan fingerprint density at radius 3 is 2.19 bits per heavy atom. The molecule has 2 rings (SSSR count). The molecule has 0 radical (unpaired) electrons. The molecule has 0 atom stereocenters. The molecule has 16 heavy (non-hydrogen) atoms. The largest absolute Gasteiger partial charge is 0.261 e. The summed E-state index contributed by atoms with van der Waals surface area (Å²) in [7, 11) is 1.68. The van der Waals surface area contributed by atoms with E-state index in [0.29, 0.717) is 0 Å². The minimum Gasteiger partial charge on any atom is -0.207 e. The molecule has 0 aliphatic heterocycles. The van der Waals surface area contributed by atoms with Crippen LogP contribution in [0.3, 0.4) is 0 Å². The van der Waals surface area contributed by atoms with Crippen molar-refractivity contribution in [3.63, 3.8) is 0 Å². The molecule has 0 N–H and O–H groups in total. The molecule has 0 bridgehead atoms. The van der Waals surface area contributed by atoms with Crippen LogP contribution < -0.4 is 0 Å². The quantitative estimate of drug-likeness (QED) is 0.780. The minimum atomic E-state index is -3.57. The third-order valence-corrected chi connectivity index (χ3v) is 4.57. The molecule has 88 valence electrons. The third-order valence-electron chi connectivity index (χ3n) is 3.20. The smallest absolute Gasteiger partial charge is 0.207 e. The van der Waals surface area contributed by atoms with E-state index in [1.54, 1.807) is 12.1 Å². The molecule has 0 heterocycles. The average Bonchev–Trinajstić information content (AvgIpc) is 2.70. The zero-order chi connectivity index (χ0) is 11.6. The van der Waals surface area contributed by atoms with Crippen molar-refractivity contribution < 1.29 is 8.42 Å². The van der Waals surface area contributed by atoms with Crippen molar-refractivity contribution in [1.29, 1.82) is 0 Å². The summed E-state index contributed by atoms with van der Waals surface area (Å²) in [6.45, 7) is 0. The van der Waals surface area contributed by atoms with Gasteiger partial charge in [-0.2, -0.15) is 0 Å². The molecule has 4 heteroatoms. The van der Waals surface area contributed by atoms with Gasteiger partial charge in [0.2, 0.25) is 0 Å². The van der Waals surface area contributed by atoms with Gasteiger partial charge in [-0.1, -0.05) is 37.8 Å². The van der Waals surface area contributed by atoms with Crippen LogP contribution in [0.5, 0.6) is 0 Å². The summed E-state index contributed by atoms with van der Waals surface area (Å²) in [4.78, 5) is 0.185. The van der Waals surface area contributed by atoms with E-state index in [1.165, 1.54) is 31.2 Å². The van der Waals surface area contributed by atoms with Crippen LogP contribution in [0.4, 0.5) is 0 Å². The molecule has 1 fully saturated rings. The number of hydrogen-bond donors (Lipinski definition) is 0. The summed E-state index contributed by atoms with van der Waals surface area (Å²) < 4.78 is 22.1. The summed E-state index contributed by atoms with van der Waals surface area (Å²) in [5.41, 5.74) is 1.20. The fraction of sp³-hybridized carbons (Fsp3) is 0.500. The topological polar surface area (TPSA) is 34.1 Å². The summed E-state index contributed by atoms with van der Waals surface area (Å²) in [5, 5.41) is 0. The lowest BCUT2D eigenvalue weighted by Crippen LogP contribution is -1.99. The molecular formula is C12H15ClO2S. The second kappa shape index (κ2) is 4.76. The van der Waals surface area contributed by atoms with E-state index in [9.17, 15) is 8.42 Å². The number of halogens is 1. The van der Waals surface area contributed by atoms with E-state index in [1.807, 2.05) is 12.1 Å². The minimum absolute atomic E-state index is 0.185. The van der Waals surface area contributed by atoms with E-state index in [2.05, 4.69) is 0 Å². The van der Waals surface area contributed by atoms with Gasteiger partial charge in [-0.25, -0.2) is 8.42 Å². The van der Waals surface area contributed by atoms with Crippen molar-refractivity contribution in [2.24, 2.45) is 5.92 Å². The van der Waals surface area contributed by atoms with Crippen LogP contribution in [0, 0.1) is 5.92 Å². The van der Waals surface area contributed by atoms with Crippen molar-refractivity contribution in [3.8, 4) is 0 Å². The van der Waals surface area contributed by atoms with Crippen LogP contribution in [0.15, 0.2) is 29.2 Å². The van der Waals surface area contributed by atoms with Gasteiger partial charge in [0.1, 0.15) is 0 Å². The lowest BCUT2D eigenvalue weighted by molar-refractivity contribution is 0.546. The molecule has 1 aliphatic rings. The first-order valence-electron chi connectivity index (χ1n) is 5.59. The average molecular weight is 259 g/mol. The van der Waals surface area contributed by atoms with E-state index in [4.69, 9.17) is 10.7 Å². The highest BCUT2D eigenvalue weighted by atomic mass is 35.7. The first-order chi connectivity index (χ1) is 7.55. The summed E-state index contributed by atoms with van der Waals surface area (Å²) in [5.74, 6) is 0.776. The molecule has 2 nitrogen and oxygen atoms in total. The molecule has 0 spiro atoms. The first-order valence-corrected chi connectivity index (χ1v) is 7.90. The monoisotopic (exact) mass is 258 g/mol.